The van der Waals surface area contributed by atoms with E-state index >= 15 is 0 Å². The lowest BCUT2D eigenvalue weighted by Crippen LogP contribution is -2.64. The van der Waals surface area contributed by atoms with Crippen molar-refractivity contribution in [1.29, 1.82) is 0 Å². The van der Waals surface area contributed by atoms with Crippen molar-refractivity contribution < 1.29 is 59.0 Å². The minimum atomic E-state index is -5.15. The molecule has 13 nitrogen and oxygen atoms in total. The van der Waals surface area contributed by atoms with E-state index in [2.05, 4.69) is 31.3 Å². The van der Waals surface area contributed by atoms with Crippen molar-refractivity contribution in [2.75, 3.05) is 6.61 Å². The van der Waals surface area contributed by atoms with E-state index in [1.807, 2.05) is 0 Å². The molecular weight excluding hydrogens is 850 g/mol. The Kier molecular flexibility index (Phi) is 38.6. The number of rotatable bonds is 44. The zero-order valence-electron chi connectivity index (χ0n) is 40.9. The van der Waals surface area contributed by atoms with Gasteiger partial charge in [0.2, 0.25) is 5.91 Å². The molecule has 0 aromatic heterocycles. The molecule has 8 unspecified atom stereocenters. The first kappa shape index (κ1) is 61.8. The standard InChI is InChI=1S/C51H98NO12P/c1-3-5-7-9-11-13-15-17-19-21-23-25-27-29-31-33-35-37-39-44(54)43(41-63-65(61,62)64-51-49(59)47(57)46(56)48(58)50(51)60)52-45(55)40-42(53)38-36-34-32-30-28-26-24-22-20-18-16-14-12-10-8-6-4-2/h29,31,37,39,42-44,46-51,53-54,56-60H,3-28,30,32-36,38,40-41H2,1-2H3,(H,52,55)(H,61,62)/b31-29+,39-37+. The first-order valence-electron chi connectivity index (χ1n) is 26.4. The van der Waals surface area contributed by atoms with Crippen LogP contribution in [-0.4, -0.2) is 108 Å². The van der Waals surface area contributed by atoms with Crippen molar-refractivity contribution in [3.63, 3.8) is 0 Å². The summed E-state index contributed by atoms with van der Waals surface area (Å²) in [6.45, 7) is 3.76. The van der Waals surface area contributed by atoms with Crippen LogP contribution in [0, 0.1) is 0 Å². The van der Waals surface area contributed by atoms with Crippen LogP contribution >= 0.6 is 7.82 Å². The predicted octanol–water partition coefficient (Wildman–Crippen LogP) is 9.93. The van der Waals surface area contributed by atoms with E-state index < -0.39 is 75.2 Å². The van der Waals surface area contributed by atoms with Gasteiger partial charge in [-0.05, 0) is 32.1 Å². The van der Waals surface area contributed by atoms with Gasteiger partial charge in [0.25, 0.3) is 0 Å². The minimum absolute atomic E-state index is 0.248. The number of carbonyl (C=O) groups is 1. The summed E-state index contributed by atoms with van der Waals surface area (Å²) >= 11 is 0. The normalized spacial score (nSPS) is 22.7. The van der Waals surface area contributed by atoms with Gasteiger partial charge in [-0.3, -0.25) is 13.8 Å². The third-order valence-corrected chi connectivity index (χ3v) is 13.8. The van der Waals surface area contributed by atoms with E-state index in [1.165, 1.54) is 160 Å². The summed E-state index contributed by atoms with van der Waals surface area (Å²) in [4.78, 5) is 23.5. The van der Waals surface area contributed by atoms with Gasteiger partial charge in [-0.1, -0.05) is 218 Å². The van der Waals surface area contributed by atoms with Crippen molar-refractivity contribution in [3.05, 3.63) is 24.3 Å². The Bertz CT molecular complexity index is 1210. The number of aliphatic hydroxyl groups excluding tert-OH is 7. The molecule has 384 valence electrons. The van der Waals surface area contributed by atoms with Gasteiger partial charge in [0, 0.05) is 0 Å². The molecule has 0 aromatic carbocycles. The third-order valence-electron chi connectivity index (χ3n) is 12.8. The van der Waals surface area contributed by atoms with Crippen LogP contribution in [-0.2, 0) is 18.4 Å². The highest BCUT2D eigenvalue weighted by Crippen LogP contribution is 2.47. The van der Waals surface area contributed by atoms with Crippen LogP contribution < -0.4 is 5.32 Å². The summed E-state index contributed by atoms with van der Waals surface area (Å²) in [5.74, 6) is -0.599. The number of nitrogens with one attached hydrogen (secondary N) is 1. The van der Waals surface area contributed by atoms with Crippen molar-refractivity contribution in [3.8, 4) is 0 Å². The van der Waals surface area contributed by atoms with Gasteiger partial charge in [0.05, 0.1) is 31.3 Å². The molecule has 9 N–H and O–H groups in total. The molecule has 1 saturated carbocycles. The molecule has 0 heterocycles. The molecule has 8 atom stereocenters. The lowest BCUT2D eigenvalue weighted by atomic mass is 9.85. The maximum absolute atomic E-state index is 13.0. The number of amides is 1. The lowest BCUT2D eigenvalue weighted by molar-refractivity contribution is -0.220. The lowest BCUT2D eigenvalue weighted by Gasteiger charge is -2.41. The van der Waals surface area contributed by atoms with E-state index in [0.717, 1.165) is 44.9 Å². The number of unbranched alkanes of at least 4 members (excludes halogenated alkanes) is 29. The van der Waals surface area contributed by atoms with Crippen molar-refractivity contribution in [2.45, 2.75) is 287 Å². The average molecular weight is 948 g/mol. The van der Waals surface area contributed by atoms with Crippen molar-refractivity contribution in [2.24, 2.45) is 0 Å². The molecule has 0 aromatic rings. The van der Waals surface area contributed by atoms with Crippen LogP contribution in [0.5, 0.6) is 0 Å². The Morgan fingerprint density at radius 3 is 1.35 bits per heavy atom. The first-order chi connectivity index (χ1) is 31.3. The minimum Gasteiger partial charge on any atom is -0.393 e. The van der Waals surface area contributed by atoms with Gasteiger partial charge in [0.15, 0.2) is 0 Å². The molecule has 1 amide bonds. The Labute approximate surface area is 394 Å². The smallest absolute Gasteiger partial charge is 0.393 e. The number of phosphoric acid groups is 1. The van der Waals surface area contributed by atoms with E-state index in [1.54, 1.807) is 6.08 Å². The highest BCUT2D eigenvalue weighted by atomic mass is 31.2. The van der Waals surface area contributed by atoms with E-state index in [4.69, 9.17) is 9.05 Å². The van der Waals surface area contributed by atoms with Gasteiger partial charge in [-0.25, -0.2) is 4.57 Å². The molecule has 1 aliphatic carbocycles. The largest absolute Gasteiger partial charge is 0.472 e. The van der Waals surface area contributed by atoms with Crippen molar-refractivity contribution in [1.82, 2.24) is 5.32 Å². The molecule has 0 bridgehead atoms. The SMILES string of the molecule is CCCCCCCCCCCCCC/C=C/CC/C=C/C(O)C(COP(=O)(O)OC1C(O)C(O)C(O)C(O)C1O)NC(=O)CC(O)CCCCCCCCCCCCCCCCCCC. The molecule has 1 fully saturated rings. The van der Waals surface area contributed by atoms with Gasteiger partial charge >= 0.3 is 7.82 Å². The fourth-order valence-corrected chi connectivity index (χ4v) is 9.46. The summed E-state index contributed by atoms with van der Waals surface area (Å²) in [7, 11) is -5.15. The van der Waals surface area contributed by atoms with Gasteiger partial charge in [0.1, 0.15) is 36.6 Å². The Morgan fingerprint density at radius 2 is 0.908 bits per heavy atom. The zero-order valence-corrected chi connectivity index (χ0v) is 41.8. The van der Waals surface area contributed by atoms with Gasteiger partial charge in [-0.2, -0.15) is 0 Å². The summed E-state index contributed by atoms with van der Waals surface area (Å²) in [5, 5.41) is 74.7. The Hall–Kier alpha value is -1.22. The number of allylic oxidation sites excluding steroid dienone is 3. The molecule has 1 aliphatic rings. The first-order valence-corrected chi connectivity index (χ1v) is 27.9. The predicted molar refractivity (Wildman–Crippen MR) is 261 cm³/mol. The molecule has 65 heavy (non-hydrogen) atoms. The summed E-state index contributed by atoms with van der Waals surface area (Å²) in [5.41, 5.74) is 0. The van der Waals surface area contributed by atoms with Crippen LogP contribution in [0.3, 0.4) is 0 Å². The molecular formula is C51H98NO12P. The maximum Gasteiger partial charge on any atom is 0.472 e. The number of carbonyl (C=O) groups excluding carboxylic acids is 1. The second-order valence-corrected chi connectivity index (χ2v) is 20.3. The van der Waals surface area contributed by atoms with E-state index in [-0.39, 0.29) is 6.42 Å². The third kappa shape index (κ3) is 32.3. The number of hydrogen-bond acceptors (Lipinski definition) is 11. The van der Waals surface area contributed by atoms with Crippen LogP contribution in [0.25, 0.3) is 0 Å². The number of aliphatic hydroxyl groups is 7. The summed E-state index contributed by atoms with van der Waals surface area (Å²) in [6.07, 6.45) is 32.6. The number of phosphoric ester groups is 1. The second kappa shape index (κ2) is 40.6. The zero-order chi connectivity index (χ0) is 48.0. The van der Waals surface area contributed by atoms with Crippen LogP contribution in [0.1, 0.15) is 232 Å². The monoisotopic (exact) mass is 948 g/mol. The Morgan fingerprint density at radius 1 is 0.538 bits per heavy atom. The van der Waals surface area contributed by atoms with Gasteiger partial charge < -0.3 is 46.0 Å². The molecule has 14 heteroatoms. The maximum atomic E-state index is 13.0. The molecule has 0 spiro atoms. The fraction of sp³-hybridized carbons (Fsp3) is 0.902. The highest BCUT2D eigenvalue weighted by molar-refractivity contribution is 7.47. The molecule has 1 rings (SSSR count). The van der Waals surface area contributed by atoms with Crippen LogP contribution in [0.2, 0.25) is 0 Å². The van der Waals surface area contributed by atoms with Gasteiger partial charge in [-0.15, -0.1) is 0 Å². The van der Waals surface area contributed by atoms with Crippen LogP contribution in [0.15, 0.2) is 24.3 Å². The van der Waals surface area contributed by atoms with Crippen molar-refractivity contribution >= 4 is 13.7 Å². The summed E-state index contributed by atoms with van der Waals surface area (Å²) < 4.78 is 22.9. The molecule has 0 aliphatic heterocycles. The topological polar surface area (TPSA) is 226 Å². The molecule has 0 saturated heterocycles. The quantitative estimate of drug-likeness (QED) is 0.0158. The summed E-state index contributed by atoms with van der Waals surface area (Å²) in [6, 6.07) is -1.25. The van der Waals surface area contributed by atoms with E-state index in [9.17, 15) is 50.0 Å². The second-order valence-electron chi connectivity index (χ2n) is 18.9. The number of hydrogen-bond donors (Lipinski definition) is 9. The van der Waals surface area contributed by atoms with Crippen LogP contribution in [0.4, 0.5) is 0 Å². The molecule has 0 radical (unpaired) electrons. The Balaban J connectivity index is 2.50. The van der Waals surface area contributed by atoms with E-state index in [0.29, 0.717) is 12.8 Å². The average Bonchev–Trinajstić information content (AvgIpc) is 3.28. The highest BCUT2D eigenvalue weighted by Gasteiger charge is 2.51. The fourth-order valence-electron chi connectivity index (χ4n) is 8.49.